The van der Waals surface area contributed by atoms with Crippen LogP contribution in [0.2, 0.25) is 0 Å². The van der Waals surface area contributed by atoms with Crippen LogP contribution in [0, 0.1) is 0 Å². The number of ether oxygens (including phenoxy) is 2. The fourth-order valence-electron chi connectivity index (χ4n) is 3.77. The highest BCUT2D eigenvalue weighted by atomic mass is 32.1. The summed E-state index contributed by atoms with van der Waals surface area (Å²) in [4.78, 5) is 16.2. The fraction of sp³-hybridized carbons (Fsp3) is 0.192. The van der Waals surface area contributed by atoms with Gasteiger partial charge in [0.1, 0.15) is 11.4 Å². The van der Waals surface area contributed by atoms with E-state index in [0.29, 0.717) is 37.3 Å². The van der Waals surface area contributed by atoms with E-state index < -0.39 is 0 Å². The molecule has 5 rings (SSSR count). The lowest BCUT2D eigenvalue weighted by atomic mass is 10.00. The number of imidazole rings is 1. The Morgan fingerprint density at radius 2 is 1.64 bits per heavy atom. The second kappa shape index (κ2) is 9.52. The molecule has 33 heavy (non-hydrogen) atoms. The van der Waals surface area contributed by atoms with Gasteiger partial charge >= 0.3 is 0 Å². The zero-order valence-corrected chi connectivity index (χ0v) is 19.4. The highest BCUT2D eigenvalue weighted by Crippen LogP contribution is 2.47. The van der Waals surface area contributed by atoms with Crippen molar-refractivity contribution in [3.63, 3.8) is 0 Å². The van der Waals surface area contributed by atoms with Crippen LogP contribution in [0.4, 0.5) is 0 Å². The molecule has 0 N–H and O–H groups in total. The molecule has 0 bridgehead atoms. The van der Waals surface area contributed by atoms with E-state index in [-0.39, 0.29) is 0 Å². The summed E-state index contributed by atoms with van der Waals surface area (Å²) in [5.41, 5.74) is 3.32. The third-order valence-electron chi connectivity index (χ3n) is 5.31. The van der Waals surface area contributed by atoms with Crippen molar-refractivity contribution >= 4 is 21.6 Å². The van der Waals surface area contributed by atoms with Gasteiger partial charge in [-0.25, -0.2) is 9.97 Å². The summed E-state index contributed by atoms with van der Waals surface area (Å²) in [7, 11) is 1.94. The van der Waals surface area contributed by atoms with Gasteiger partial charge in [0.15, 0.2) is 5.82 Å². The summed E-state index contributed by atoms with van der Waals surface area (Å²) >= 11 is 1.65. The molecule has 5 aromatic rings. The summed E-state index contributed by atoms with van der Waals surface area (Å²) in [5.74, 6) is 1.79. The molecule has 0 aliphatic rings. The number of hydrogen-bond donors (Lipinski definition) is 0. The van der Waals surface area contributed by atoms with Gasteiger partial charge < -0.3 is 14.0 Å². The van der Waals surface area contributed by atoms with Crippen LogP contribution in [0.3, 0.4) is 0 Å². The average molecular weight is 457 g/mol. The molecule has 0 saturated carbocycles. The molecule has 0 amide bonds. The molecule has 0 unspecified atom stereocenters. The minimum absolute atomic E-state index is 0.407. The quantitative estimate of drug-likeness (QED) is 0.275. The van der Waals surface area contributed by atoms with Crippen molar-refractivity contribution in [3.05, 3.63) is 73.1 Å². The van der Waals surface area contributed by atoms with Gasteiger partial charge in [0.05, 0.1) is 12.0 Å². The molecule has 3 aromatic heterocycles. The van der Waals surface area contributed by atoms with Crippen molar-refractivity contribution in [1.82, 2.24) is 19.5 Å². The number of hydrogen-bond acceptors (Lipinski definition) is 6. The third-order valence-corrected chi connectivity index (χ3v) is 6.44. The van der Waals surface area contributed by atoms with Crippen molar-refractivity contribution in [2.75, 3.05) is 19.8 Å². The lowest BCUT2D eigenvalue weighted by Crippen LogP contribution is -2.08. The van der Waals surface area contributed by atoms with E-state index >= 15 is 0 Å². The van der Waals surface area contributed by atoms with Gasteiger partial charge in [0.25, 0.3) is 0 Å². The highest BCUT2D eigenvalue weighted by molar-refractivity contribution is 7.22. The molecule has 7 heteroatoms. The number of aryl methyl sites for hydroxylation is 1. The lowest BCUT2D eigenvalue weighted by Gasteiger charge is -2.11. The molecule has 0 aliphatic carbocycles. The van der Waals surface area contributed by atoms with Crippen molar-refractivity contribution < 1.29 is 9.47 Å². The Bertz CT molecular complexity index is 1360. The first-order chi connectivity index (χ1) is 16.3. The standard InChI is InChI=1S/C26H24N4O2S/c1-3-31-16-17-32-25-21-20(18-10-6-4-7-11-18)22(19-12-8-5-9-13-19)33-26(21)29-23(28-25)24-27-14-15-30(24)2/h4-15H,3,16-17H2,1-2H3. The van der Waals surface area contributed by atoms with E-state index in [9.17, 15) is 0 Å². The number of benzene rings is 2. The maximum Gasteiger partial charge on any atom is 0.226 e. The molecule has 0 fully saturated rings. The van der Waals surface area contributed by atoms with Crippen molar-refractivity contribution in [2.45, 2.75) is 6.92 Å². The number of thiophene rings is 1. The van der Waals surface area contributed by atoms with Crippen LogP contribution in [-0.2, 0) is 11.8 Å². The largest absolute Gasteiger partial charge is 0.475 e. The van der Waals surface area contributed by atoms with E-state index in [0.717, 1.165) is 31.8 Å². The maximum absolute atomic E-state index is 6.20. The van der Waals surface area contributed by atoms with Crippen LogP contribution in [0.15, 0.2) is 73.1 Å². The second-order valence-corrected chi connectivity index (χ2v) is 8.48. The number of nitrogens with zero attached hydrogens (tertiary/aromatic N) is 4. The predicted molar refractivity (Wildman–Crippen MR) is 132 cm³/mol. The van der Waals surface area contributed by atoms with Crippen molar-refractivity contribution in [1.29, 1.82) is 0 Å². The Morgan fingerprint density at radius 3 is 2.30 bits per heavy atom. The third kappa shape index (κ3) is 4.25. The Labute approximate surface area is 196 Å². The highest BCUT2D eigenvalue weighted by Gasteiger charge is 2.23. The van der Waals surface area contributed by atoms with Crippen molar-refractivity contribution in [2.24, 2.45) is 7.05 Å². The second-order valence-electron chi connectivity index (χ2n) is 7.48. The smallest absolute Gasteiger partial charge is 0.226 e. The minimum atomic E-state index is 0.407. The van der Waals surface area contributed by atoms with Gasteiger partial charge in [-0.2, -0.15) is 4.98 Å². The SMILES string of the molecule is CCOCCOc1nc(-c2nccn2C)nc2sc(-c3ccccc3)c(-c3ccccc3)c12. The lowest BCUT2D eigenvalue weighted by molar-refractivity contribution is 0.109. The molecule has 0 saturated heterocycles. The maximum atomic E-state index is 6.20. The number of fused-ring (bicyclic) bond motifs is 1. The van der Waals surface area contributed by atoms with Gasteiger partial charge in [-0.1, -0.05) is 60.7 Å². The normalized spacial score (nSPS) is 11.2. The summed E-state index contributed by atoms with van der Waals surface area (Å²) in [6.45, 7) is 3.52. The van der Waals surface area contributed by atoms with E-state index in [1.165, 1.54) is 0 Å². The van der Waals surface area contributed by atoms with Gasteiger partial charge in [0.2, 0.25) is 11.7 Å². The van der Waals surface area contributed by atoms with Gasteiger partial charge in [0, 0.05) is 36.5 Å². The molecule has 3 heterocycles. The van der Waals surface area contributed by atoms with Gasteiger partial charge in [-0.15, -0.1) is 11.3 Å². The zero-order valence-electron chi connectivity index (χ0n) is 18.6. The molecule has 0 radical (unpaired) electrons. The Balaban J connectivity index is 1.76. The Morgan fingerprint density at radius 1 is 0.909 bits per heavy atom. The summed E-state index contributed by atoms with van der Waals surface area (Å²) < 4.78 is 13.6. The number of aromatic nitrogens is 4. The topological polar surface area (TPSA) is 62.1 Å². The zero-order chi connectivity index (χ0) is 22.6. The van der Waals surface area contributed by atoms with Gasteiger partial charge in [-0.05, 0) is 18.1 Å². The summed E-state index contributed by atoms with van der Waals surface area (Å²) in [6, 6.07) is 20.7. The molecule has 6 nitrogen and oxygen atoms in total. The monoisotopic (exact) mass is 456 g/mol. The molecule has 0 aliphatic heterocycles. The van der Waals surface area contributed by atoms with E-state index in [4.69, 9.17) is 19.4 Å². The van der Waals surface area contributed by atoms with E-state index in [2.05, 4.69) is 41.4 Å². The Kier molecular flexibility index (Phi) is 6.15. The van der Waals surface area contributed by atoms with Crippen molar-refractivity contribution in [3.8, 4) is 39.1 Å². The van der Waals surface area contributed by atoms with E-state index in [1.807, 2.05) is 49.0 Å². The first-order valence-corrected chi connectivity index (χ1v) is 11.7. The van der Waals surface area contributed by atoms with Crippen LogP contribution >= 0.6 is 11.3 Å². The first kappa shape index (κ1) is 21.3. The number of rotatable bonds is 8. The minimum Gasteiger partial charge on any atom is -0.475 e. The van der Waals surface area contributed by atoms with Crippen LogP contribution in [0.1, 0.15) is 6.92 Å². The van der Waals surface area contributed by atoms with Crippen LogP contribution < -0.4 is 4.74 Å². The van der Waals surface area contributed by atoms with E-state index in [1.54, 1.807) is 17.5 Å². The average Bonchev–Trinajstić information content (AvgIpc) is 3.46. The van der Waals surface area contributed by atoms with Crippen LogP contribution in [0.5, 0.6) is 5.88 Å². The first-order valence-electron chi connectivity index (χ1n) is 10.9. The molecule has 0 atom stereocenters. The fourth-order valence-corrected chi connectivity index (χ4v) is 4.96. The predicted octanol–water partition coefficient (Wildman–Crippen LogP) is 5.84. The molecule has 0 spiro atoms. The van der Waals surface area contributed by atoms with Gasteiger partial charge in [-0.3, -0.25) is 0 Å². The molecular formula is C26H24N4O2S. The summed E-state index contributed by atoms with van der Waals surface area (Å²) in [5, 5.41) is 0.916. The summed E-state index contributed by atoms with van der Waals surface area (Å²) in [6.07, 6.45) is 3.63. The van der Waals surface area contributed by atoms with Crippen LogP contribution in [0.25, 0.3) is 43.4 Å². The Hall–Kier alpha value is -3.55. The molecule has 2 aromatic carbocycles. The molecular weight excluding hydrogens is 432 g/mol. The van der Waals surface area contributed by atoms with Crippen LogP contribution in [-0.4, -0.2) is 39.3 Å². The molecule has 166 valence electrons.